The number of carbonyl (C=O) groups excluding carboxylic acids is 1. The molecule has 0 N–H and O–H groups in total. The maximum atomic E-state index is 11.9. The van der Waals surface area contributed by atoms with Crippen molar-refractivity contribution in [3.8, 4) is 5.75 Å². The van der Waals surface area contributed by atoms with Crippen LogP contribution in [0.5, 0.6) is 5.75 Å². The summed E-state index contributed by atoms with van der Waals surface area (Å²) in [5.41, 5.74) is 2.06. The topological polar surface area (TPSA) is 26.3 Å². The lowest BCUT2D eigenvalue weighted by Crippen LogP contribution is -2.20. The van der Waals surface area contributed by atoms with Gasteiger partial charge in [0.2, 0.25) is 0 Å². The summed E-state index contributed by atoms with van der Waals surface area (Å²) < 4.78 is 6.14. The molecule has 2 heteroatoms. The van der Waals surface area contributed by atoms with Gasteiger partial charge >= 0.3 is 0 Å². The highest BCUT2D eigenvalue weighted by Gasteiger charge is 2.39. The number of hydrogen-bond donors (Lipinski definition) is 0. The Morgan fingerprint density at radius 2 is 2.10 bits per heavy atom. The van der Waals surface area contributed by atoms with Gasteiger partial charge in [-0.3, -0.25) is 4.79 Å². The predicted molar refractivity (Wildman–Crippen MR) is 78.1 cm³/mol. The molecule has 0 radical (unpaired) electrons. The highest BCUT2D eigenvalue weighted by atomic mass is 16.5. The van der Waals surface area contributed by atoms with E-state index in [2.05, 4.69) is 0 Å². The quantitative estimate of drug-likeness (QED) is 0.829. The van der Waals surface area contributed by atoms with Crippen molar-refractivity contribution < 1.29 is 9.53 Å². The largest absolute Gasteiger partial charge is 0.493 e. The first-order valence-electron chi connectivity index (χ1n) is 8.09. The van der Waals surface area contributed by atoms with Gasteiger partial charge in [-0.1, -0.05) is 18.6 Å². The smallest absolute Gasteiger partial charge is 0.163 e. The zero-order chi connectivity index (χ0) is 13.5. The fourth-order valence-corrected chi connectivity index (χ4v) is 4.56. The molecule has 3 aliphatic rings. The van der Waals surface area contributed by atoms with Crippen molar-refractivity contribution in [1.29, 1.82) is 0 Å². The molecule has 2 fully saturated rings. The van der Waals surface area contributed by atoms with Crippen molar-refractivity contribution in [1.82, 2.24) is 0 Å². The Morgan fingerprint density at radius 3 is 2.90 bits per heavy atom. The number of rotatable bonds is 3. The van der Waals surface area contributed by atoms with Crippen molar-refractivity contribution >= 4 is 5.78 Å². The number of benzene rings is 1. The van der Waals surface area contributed by atoms with Crippen LogP contribution in [0.15, 0.2) is 18.2 Å². The molecule has 3 aliphatic carbocycles. The van der Waals surface area contributed by atoms with Crippen LogP contribution < -0.4 is 4.74 Å². The van der Waals surface area contributed by atoms with Crippen LogP contribution in [0.3, 0.4) is 0 Å². The predicted octanol–water partition coefficient (Wildman–Crippen LogP) is 4.02. The summed E-state index contributed by atoms with van der Waals surface area (Å²) >= 11 is 0. The molecule has 2 nitrogen and oxygen atoms in total. The zero-order valence-electron chi connectivity index (χ0n) is 11.9. The van der Waals surface area contributed by atoms with Gasteiger partial charge in [0.15, 0.2) is 5.78 Å². The lowest BCUT2D eigenvalue weighted by Gasteiger charge is -2.24. The third-order valence-corrected chi connectivity index (χ3v) is 5.60. The molecule has 1 aromatic carbocycles. The third kappa shape index (κ3) is 2.06. The van der Waals surface area contributed by atoms with Crippen molar-refractivity contribution in [3.05, 3.63) is 29.3 Å². The molecular weight excluding hydrogens is 248 g/mol. The van der Waals surface area contributed by atoms with Gasteiger partial charge in [-0.15, -0.1) is 0 Å². The Hall–Kier alpha value is -1.31. The monoisotopic (exact) mass is 270 g/mol. The molecule has 0 saturated heterocycles. The van der Waals surface area contributed by atoms with Gasteiger partial charge in [-0.05, 0) is 55.9 Å². The highest BCUT2D eigenvalue weighted by Crippen LogP contribution is 2.48. The third-order valence-electron chi connectivity index (χ3n) is 5.60. The molecule has 0 aliphatic heterocycles. The standard InChI is InChI=1S/C18H22O2/c19-17-5-1-4-16-15(17)3-2-6-18(16)20-11-14-10-12-7-8-13(14)9-12/h2-3,6,12-14H,1,4-5,7-11H2. The lowest BCUT2D eigenvalue weighted by atomic mass is 9.89. The van der Waals surface area contributed by atoms with E-state index in [9.17, 15) is 4.79 Å². The summed E-state index contributed by atoms with van der Waals surface area (Å²) in [6.07, 6.45) is 8.30. The van der Waals surface area contributed by atoms with Gasteiger partial charge in [0.25, 0.3) is 0 Å². The summed E-state index contributed by atoms with van der Waals surface area (Å²) in [4.78, 5) is 11.9. The maximum absolute atomic E-state index is 11.9. The molecule has 0 aromatic heterocycles. The first kappa shape index (κ1) is 12.4. The number of ketones is 1. The minimum absolute atomic E-state index is 0.289. The number of carbonyl (C=O) groups is 1. The number of hydrogen-bond acceptors (Lipinski definition) is 2. The van der Waals surface area contributed by atoms with Crippen LogP contribution in [0.1, 0.15) is 54.4 Å². The summed E-state index contributed by atoms with van der Waals surface area (Å²) in [7, 11) is 0. The molecule has 2 bridgehead atoms. The van der Waals surface area contributed by atoms with Crippen molar-refractivity contribution in [2.24, 2.45) is 17.8 Å². The van der Waals surface area contributed by atoms with Crippen molar-refractivity contribution in [2.45, 2.75) is 44.9 Å². The van der Waals surface area contributed by atoms with E-state index in [1.807, 2.05) is 18.2 Å². The molecule has 0 heterocycles. The van der Waals surface area contributed by atoms with Gasteiger partial charge in [-0.25, -0.2) is 0 Å². The second kappa shape index (κ2) is 4.91. The first-order chi connectivity index (χ1) is 9.81. The Kier molecular flexibility index (Phi) is 3.05. The number of Topliss-reactive ketones (excluding diaryl/α,β-unsaturated/α-hetero) is 1. The molecule has 0 amide bonds. The van der Waals surface area contributed by atoms with E-state index in [1.54, 1.807) is 0 Å². The summed E-state index contributed by atoms with van der Waals surface area (Å²) in [6.45, 7) is 0.853. The molecular formula is C18H22O2. The van der Waals surface area contributed by atoms with Gasteiger partial charge in [0, 0.05) is 17.5 Å². The fourth-order valence-electron chi connectivity index (χ4n) is 4.56. The fraction of sp³-hybridized carbons (Fsp3) is 0.611. The van der Waals surface area contributed by atoms with E-state index in [1.165, 1.54) is 25.7 Å². The molecule has 3 unspecified atom stereocenters. The van der Waals surface area contributed by atoms with Crippen LogP contribution in [0.25, 0.3) is 0 Å². The van der Waals surface area contributed by atoms with Crippen LogP contribution in [0, 0.1) is 17.8 Å². The number of fused-ring (bicyclic) bond motifs is 3. The van der Waals surface area contributed by atoms with Gasteiger partial charge in [0.1, 0.15) is 5.75 Å². The Morgan fingerprint density at radius 1 is 1.15 bits per heavy atom. The average molecular weight is 270 g/mol. The van der Waals surface area contributed by atoms with Gasteiger partial charge in [-0.2, -0.15) is 0 Å². The first-order valence-corrected chi connectivity index (χ1v) is 8.09. The van der Waals surface area contributed by atoms with E-state index in [0.717, 1.165) is 54.1 Å². The molecule has 1 aromatic rings. The zero-order valence-corrected chi connectivity index (χ0v) is 11.9. The van der Waals surface area contributed by atoms with E-state index in [4.69, 9.17) is 4.74 Å². The van der Waals surface area contributed by atoms with Crippen LogP contribution in [0.4, 0.5) is 0 Å². The van der Waals surface area contributed by atoms with Crippen LogP contribution in [0.2, 0.25) is 0 Å². The molecule has 0 spiro atoms. The van der Waals surface area contributed by atoms with E-state index in [0.29, 0.717) is 6.42 Å². The second-order valence-electron chi connectivity index (χ2n) is 6.80. The van der Waals surface area contributed by atoms with Crippen molar-refractivity contribution in [2.75, 3.05) is 6.61 Å². The minimum Gasteiger partial charge on any atom is -0.493 e. The summed E-state index contributed by atoms with van der Waals surface area (Å²) in [5.74, 6) is 3.89. The molecule has 4 rings (SSSR count). The van der Waals surface area contributed by atoms with Crippen LogP contribution >= 0.6 is 0 Å². The molecule has 106 valence electrons. The lowest BCUT2D eigenvalue weighted by molar-refractivity contribution is 0.0971. The molecule has 3 atom stereocenters. The number of ether oxygens (including phenoxy) is 1. The van der Waals surface area contributed by atoms with Crippen molar-refractivity contribution in [3.63, 3.8) is 0 Å². The maximum Gasteiger partial charge on any atom is 0.163 e. The SMILES string of the molecule is O=C1CCCc2c(OCC3CC4CCC3C4)cccc21. The summed E-state index contributed by atoms with van der Waals surface area (Å²) in [6, 6.07) is 5.98. The van der Waals surface area contributed by atoms with Crippen LogP contribution in [-0.4, -0.2) is 12.4 Å². The molecule has 2 saturated carbocycles. The van der Waals surface area contributed by atoms with E-state index >= 15 is 0 Å². The van der Waals surface area contributed by atoms with E-state index in [-0.39, 0.29) is 5.78 Å². The Labute approximate surface area is 120 Å². The minimum atomic E-state index is 0.289. The normalized spacial score (nSPS) is 31.4. The summed E-state index contributed by atoms with van der Waals surface area (Å²) in [5, 5.41) is 0. The average Bonchev–Trinajstić information content (AvgIpc) is 3.08. The van der Waals surface area contributed by atoms with Gasteiger partial charge < -0.3 is 4.74 Å². The van der Waals surface area contributed by atoms with E-state index < -0.39 is 0 Å². The second-order valence-corrected chi connectivity index (χ2v) is 6.80. The van der Waals surface area contributed by atoms with Crippen LogP contribution in [-0.2, 0) is 6.42 Å². The Bertz CT molecular complexity index is 534. The van der Waals surface area contributed by atoms with Gasteiger partial charge in [0.05, 0.1) is 6.61 Å². The molecule has 20 heavy (non-hydrogen) atoms. The Balaban J connectivity index is 1.49. The highest BCUT2D eigenvalue weighted by molar-refractivity contribution is 5.99.